The fourth-order valence-electron chi connectivity index (χ4n) is 2.46. The number of halogens is 1. The van der Waals surface area contributed by atoms with Crippen LogP contribution in [0.2, 0.25) is 5.02 Å². The van der Waals surface area contributed by atoms with E-state index in [1.807, 2.05) is 0 Å². The number of amides is 1. The summed E-state index contributed by atoms with van der Waals surface area (Å²) in [6, 6.07) is 12.1. The van der Waals surface area contributed by atoms with Crippen molar-refractivity contribution in [2.75, 3.05) is 25.0 Å². The maximum Gasteiger partial charge on any atom is 0.340 e. The molecule has 2 rings (SSSR count). The molecule has 2 aromatic rings. The number of carbonyl (C=O) groups excluding carboxylic acids is 2. The number of sulfonamides is 1. The number of carbonyl (C=O) groups is 2. The minimum atomic E-state index is -3.56. The molecule has 0 aliphatic carbocycles. The van der Waals surface area contributed by atoms with E-state index in [0.717, 1.165) is 0 Å². The minimum Gasteiger partial charge on any atom is -0.452 e. The van der Waals surface area contributed by atoms with Crippen molar-refractivity contribution in [3.8, 4) is 0 Å². The molecular weight excluding hydrogens is 404 g/mol. The number of esters is 1. The van der Waals surface area contributed by atoms with Gasteiger partial charge in [0.15, 0.2) is 6.61 Å². The molecule has 1 amide bonds. The van der Waals surface area contributed by atoms with Gasteiger partial charge in [-0.15, -0.1) is 0 Å². The van der Waals surface area contributed by atoms with Crippen molar-refractivity contribution < 1.29 is 22.7 Å². The lowest BCUT2D eigenvalue weighted by molar-refractivity contribution is -0.119. The molecule has 0 aromatic heterocycles. The number of benzene rings is 2. The molecule has 0 unspecified atom stereocenters. The number of nitrogens with zero attached hydrogens (tertiary/aromatic N) is 1. The quantitative estimate of drug-likeness (QED) is 0.657. The fourth-order valence-corrected chi connectivity index (χ4v) is 4.13. The van der Waals surface area contributed by atoms with Crippen LogP contribution >= 0.6 is 11.6 Å². The van der Waals surface area contributed by atoms with Crippen molar-refractivity contribution in [2.24, 2.45) is 0 Å². The normalized spacial score (nSPS) is 11.3. The predicted octanol–water partition coefficient (Wildman–Crippen LogP) is 3.17. The monoisotopic (exact) mass is 424 g/mol. The van der Waals surface area contributed by atoms with E-state index in [2.05, 4.69) is 5.32 Å². The largest absolute Gasteiger partial charge is 0.452 e. The Hall–Kier alpha value is -2.42. The summed E-state index contributed by atoms with van der Waals surface area (Å²) in [5, 5.41) is 2.78. The minimum absolute atomic E-state index is 0.138. The average molecular weight is 425 g/mol. The zero-order valence-electron chi connectivity index (χ0n) is 15.5. The highest BCUT2D eigenvalue weighted by Gasteiger charge is 2.21. The molecule has 0 heterocycles. The van der Waals surface area contributed by atoms with E-state index in [1.54, 1.807) is 32.0 Å². The van der Waals surface area contributed by atoms with E-state index in [1.165, 1.54) is 34.6 Å². The van der Waals surface area contributed by atoms with Gasteiger partial charge in [0, 0.05) is 18.8 Å². The lowest BCUT2D eigenvalue weighted by atomic mass is 10.2. The zero-order valence-corrected chi connectivity index (χ0v) is 17.1. The maximum absolute atomic E-state index is 12.4. The van der Waals surface area contributed by atoms with Crippen LogP contribution < -0.4 is 5.32 Å². The lowest BCUT2D eigenvalue weighted by Crippen LogP contribution is -2.30. The fraction of sp³-hybridized carbons (Fsp3) is 0.263. The van der Waals surface area contributed by atoms with Crippen LogP contribution in [0.3, 0.4) is 0 Å². The Kier molecular flexibility index (Phi) is 7.56. The third-order valence-electron chi connectivity index (χ3n) is 3.91. The second-order valence-electron chi connectivity index (χ2n) is 5.72. The smallest absolute Gasteiger partial charge is 0.340 e. The van der Waals surface area contributed by atoms with Crippen molar-refractivity contribution in [3.63, 3.8) is 0 Å². The summed E-state index contributed by atoms with van der Waals surface area (Å²) in [6.45, 7) is 3.77. The van der Waals surface area contributed by atoms with Gasteiger partial charge in [-0.25, -0.2) is 13.2 Å². The van der Waals surface area contributed by atoms with Crippen LogP contribution in [0, 0.1) is 0 Å². The Morgan fingerprint density at radius 3 is 2.21 bits per heavy atom. The molecule has 1 N–H and O–H groups in total. The molecule has 0 spiro atoms. The summed E-state index contributed by atoms with van der Waals surface area (Å²) in [5.74, 6) is -1.26. The summed E-state index contributed by atoms with van der Waals surface area (Å²) < 4.78 is 31.2. The van der Waals surface area contributed by atoms with Gasteiger partial charge in [-0.1, -0.05) is 37.6 Å². The third-order valence-corrected chi connectivity index (χ3v) is 6.30. The zero-order chi connectivity index (χ0) is 20.7. The van der Waals surface area contributed by atoms with Gasteiger partial charge in [-0.2, -0.15) is 4.31 Å². The van der Waals surface area contributed by atoms with Crippen LogP contribution in [0.1, 0.15) is 24.2 Å². The van der Waals surface area contributed by atoms with Gasteiger partial charge in [-0.3, -0.25) is 4.79 Å². The summed E-state index contributed by atoms with van der Waals surface area (Å²) >= 11 is 5.91. The third kappa shape index (κ3) is 5.31. The van der Waals surface area contributed by atoms with E-state index in [-0.39, 0.29) is 15.5 Å². The molecule has 0 fully saturated rings. The second kappa shape index (κ2) is 9.68. The first-order chi connectivity index (χ1) is 13.3. The van der Waals surface area contributed by atoms with Gasteiger partial charge in [0.1, 0.15) is 0 Å². The van der Waals surface area contributed by atoms with Gasteiger partial charge >= 0.3 is 5.97 Å². The SMILES string of the molecule is CCN(CC)S(=O)(=O)c1ccc(NC(=O)COC(=O)c2ccccc2Cl)cc1. The van der Waals surface area contributed by atoms with Crippen LogP contribution in [0.25, 0.3) is 0 Å². The Bertz CT molecular complexity index is 941. The van der Waals surface area contributed by atoms with Crippen LogP contribution in [0.4, 0.5) is 5.69 Å². The molecule has 0 bridgehead atoms. The molecule has 2 aromatic carbocycles. The van der Waals surface area contributed by atoms with E-state index >= 15 is 0 Å². The van der Waals surface area contributed by atoms with E-state index < -0.39 is 28.5 Å². The Morgan fingerprint density at radius 2 is 1.64 bits per heavy atom. The summed E-state index contributed by atoms with van der Waals surface area (Å²) in [7, 11) is -3.56. The Morgan fingerprint density at radius 1 is 1.04 bits per heavy atom. The van der Waals surface area contributed by atoms with Gasteiger partial charge in [0.2, 0.25) is 10.0 Å². The second-order valence-corrected chi connectivity index (χ2v) is 8.06. The molecule has 0 aliphatic rings. The van der Waals surface area contributed by atoms with Crippen molar-refractivity contribution in [2.45, 2.75) is 18.7 Å². The molecule has 150 valence electrons. The Labute approximate surface area is 169 Å². The first-order valence-corrected chi connectivity index (χ1v) is 10.4. The van der Waals surface area contributed by atoms with Crippen molar-refractivity contribution in [1.29, 1.82) is 0 Å². The number of nitrogens with one attached hydrogen (secondary N) is 1. The van der Waals surface area contributed by atoms with Crippen LogP contribution in [0.15, 0.2) is 53.4 Å². The van der Waals surface area contributed by atoms with Gasteiger partial charge in [0.25, 0.3) is 5.91 Å². The number of rotatable bonds is 8. The van der Waals surface area contributed by atoms with E-state index in [9.17, 15) is 18.0 Å². The maximum atomic E-state index is 12.4. The van der Waals surface area contributed by atoms with E-state index in [4.69, 9.17) is 16.3 Å². The highest BCUT2D eigenvalue weighted by atomic mass is 35.5. The van der Waals surface area contributed by atoms with Gasteiger partial charge in [0.05, 0.1) is 15.5 Å². The van der Waals surface area contributed by atoms with Crippen LogP contribution in [-0.2, 0) is 19.6 Å². The predicted molar refractivity (Wildman–Crippen MR) is 107 cm³/mol. The topological polar surface area (TPSA) is 92.8 Å². The number of hydrogen-bond acceptors (Lipinski definition) is 5. The number of anilines is 1. The van der Waals surface area contributed by atoms with Crippen molar-refractivity contribution >= 4 is 39.2 Å². The van der Waals surface area contributed by atoms with Crippen LogP contribution in [0.5, 0.6) is 0 Å². The van der Waals surface area contributed by atoms with Crippen molar-refractivity contribution in [1.82, 2.24) is 4.31 Å². The highest BCUT2D eigenvalue weighted by molar-refractivity contribution is 7.89. The molecule has 7 nitrogen and oxygen atoms in total. The van der Waals surface area contributed by atoms with Gasteiger partial charge in [-0.05, 0) is 36.4 Å². The Balaban J connectivity index is 1.96. The first kappa shape index (κ1) is 21.9. The molecule has 0 saturated heterocycles. The number of ether oxygens (including phenoxy) is 1. The standard InChI is InChI=1S/C19H21ClN2O5S/c1-3-22(4-2)28(25,26)15-11-9-14(10-12-15)21-18(23)13-27-19(24)16-7-5-6-8-17(16)20/h5-12H,3-4,13H2,1-2H3,(H,21,23). The van der Waals surface area contributed by atoms with Crippen molar-refractivity contribution in [3.05, 3.63) is 59.1 Å². The molecule has 0 atom stereocenters. The summed E-state index contributed by atoms with van der Waals surface area (Å²) in [5.41, 5.74) is 0.556. The highest BCUT2D eigenvalue weighted by Crippen LogP contribution is 2.19. The molecule has 28 heavy (non-hydrogen) atoms. The lowest BCUT2D eigenvalue weighted by Gasteiger charge is -2.18. The number of hydrogen-bond donors (Lipinski definition) is 1. The average Bonchev–Trinajstić information content (AvgIpc) is 2.67. The summed E-state index contributed by atoms with van der Waals surface area (Å²) in [6.07, 6.45) is 0. The first-order valence-electron chi connectivity index (χ1n) is 8.61. The summed E-state index contributed by atoms with van der Waals surface area (Å²) in [4.78, 5) is 24.0. The van der Waals surface area contributed by atoms with Gasteiger partial charge < -0.3 is 10.1 Å². The molecule has 9 heteroatoms. The van der Waals surface area contributed by atoms with Crippen LogP contribution in [-0.4, -0.2) is 44.3 Å². The van der Waals surface area contributed by atoms with E-state index in [0.29, 0.717) is 18.8 Å². The molecule has 0 aliphatic heterocycles. The molecule has 0 radical (unpaired) electrons. The molecular formula is C19H21ClN2O5S. The molecule has 0 saturated carbocycles.